The van der Waals surface area contributed by atoms with Gasteiger partial charge in [0.25, 0.3) is 5.91 Å². The van der Waals surface area contributed by atoms with Crippen LogP contribution in [-0.2, 0) is 4.74 Å². The van der Waals surface area contributed by atoms with Crippen LogP contribution in [0.15, 0.2) is 46.9 Å². The van der Waals surface area contributed by atoms with Gasteiger partial charge < -0.3 is 28.6 Å². The Morgan fingerprint density at radius 2 is 1.61 bits per heavy atom. The van der Waals surface area contributed by atoms with Crippen molar-refractivity contribution in [2.75, 3.05) is 46.4 Å². The molecule has 2 aliphatic heterocycles. The van der Waals surface area contributed by atoms with Crippen LogP contribution in [0.3, 0.4) is 0 Å². The second kappa shape index (κ2) is 11.1. The zero-order valence-electron chi connectivity index (χ0n) is 22.7. The van der Waals surface area contributed by atoms with Gasteiger partial charge in [-0.05, 0) is 50.8 Å². The maximum Gasteiger partial charge on any atom is 0.409 e. The smallest absolute Gasteiger partial charge is 0.409 e. The van der Waals surface area contributed by atoms with Gasteiger partial charge >= 0.3 is 6.09 Å². The van der Waals surface area contributed by atoms with E-state index in [0.717, 1.165) is 53.8 Å². The van der Waals surface area contributed by atoms with E-state index in [-0.39, 0.29) is 18.1 Å². The molecule has 2 fully saturated rings. The highest BCUT2D eigenvalue weighted by molar-refractivity contribution is 6.08. The number of amides is 2. The Morgan fingerprint density at radius 1 is 0.947 bits per heavy atom. The van der Waals surface area contributed by atoms with Crippen LogP contribution in [0.4, 0.5) is 4.79 Å². The molecule has 0 N–H and O–H groups in total. The Hall–Kier alpha value is -3.52. The van der Waals surface area contributed by atoms with Crippen LogP contribution < -0.4 is 4.74 Å². The fourth-order valence-corrected chi connectivity index (χ4v) is 5.46. The highest BCUT2D eigenvalue weighted by Gasteiger charge is 2.31. The summed E-state index contributed by atoms with van der Waals surface area (Å²) in [6.45, 7) is 10.3. The quantitative estimate of drug-likeness (QED) is 0.462. The minimum absolute atomic E-state index is 0.164. The third-order valence-electron chi connectivity index (χ3n) is 7.74. The molecule has 202 valence electrons. The molecule has 0 bridgehead atoms. The SMILES string of the molecule is COC(=O)N1CCN(C(=O)c2oc3cc(OC4CCN(C(C)C)CC4)c(C)cc3c2-c2ccccc2)CC1. The van der Waals surface area contributed by atoms with Crippen molar-refractivity contribution in [2.45, 2.75) is 45.8 Å². The summed E-state index contributed by atoms with van der Waals surface area (Å²) >= 11 is 0. The first-order valence-electron chi connectivity index (χ1n) is 13.5. The van der Waals surface area contributed by atoms with E-state index in [4.69, 9.17) is 13.9 Å². The zero-order chi connectivity index (χ0) is 26.8. The fraction of sp³-hybridized carbons (Fsp3) is 0.467. The molecule has 0 unspecified atom stereocenters. The number of piperazine rings is 1. The number of benzene rings is 2. The number of hydrogen-bond acceptors (Lipinski definition) is 6. The number of fused-ring (bicyclic) bond motifs is 1. The van der Waals surface area contributed by atoms with Gasteiger partial charge in [0.15, 0.2) is 0 Å². The number of nitrogens with zero attached hydrogens (tertiary/aromatic N) is 3. The summed E-state index contributed by atoms with van der Waals surface area (Å²) in [7, 11) is 1.37. The minimum Gasteiger partial charge on any atom is -0.490 e. The average molecular weight is 520 g/mol. The third kappa shape index (κ3) is 5.23. The van der Waals surface area contributed by atoms with E-state index in [9.17, 15) is 9.59 Å². The van der Waals surface area contributed by atoms with Crippen molar-refractivity contribution in [3.05, 3.63) is 53.8 Å². The molecule has 5 rings (SSSR count). The standard InChI is InChI=1S/C30H37N3O5/c1-20(2)31-12-10-23(11-13-31)37-25-19-26-24(18-21(25)3)27(22-8-6-5-7-9-22)28(38-26)29(34)32-14-16-33(17-15-32)30(35)36-4/h5-9,18-20,23H,10-17H2,1-4H3. The van der Waals surface area contributed by atoms with Gasteiger partial charge in [-0.1, -0.05) is 30.3 Å². The van der Waals surface area contributed by atoms with Gasteiger partial charge in [0.05, 0.1) is 7.11 Å². The highest BCUT2D eigenvalue weighted by Crippen LogP contribution is 2.39. The number of methoxy groups -OCH3 is 1. The van der Waals surface area contributed by atoms with E-state index < -0.39 is 0 Å². The number of carbonyl (C=O) groups is 2. The first kappa shape index (κ1) is 26.1. The van der Waals surface area contributed by atoms with Crippen molar-refractivity contribution in [3.8, 4) is 16.9 Å². The molecular formula is C30H37N3O5. The summed E-state index contributed by atoms with van der Waals surface area (Å²) in [5.41, 5.74) is 3.38. The van der Waals surface area contributed by atoms with Crippen LogP contribution in [0, 0.1) is 6.92 Å². The van der Waals surface area contributed by atoms with Crippen molar-refractivity contribution in [1.29, 1.82) is 0 Å². The summed E-state index contributed by atoms with van der Waals surface area (Å²) < 4.78 is 17.6. The lowest BCUT2D eigenvalue weighted by Gasteiger charge is -2.34. The number of aryl methyl sites for hydroxylation is 1. The van der Waals surface area contributed by atoms with Gasteiger partial charge in [-0.15, -0.1) is 0 Å². The molecule has 0 atom stereocenters. The van der Waals surface area contributed by atoms with E-state index in [1.165, 1.54) is 7.11 Å². The van der Waals surface area contributed by atoms with Crippen LogP contribution in [0.2, 0.25) is 0 Å². The molecule has 2 aromatic carbocycles. The Bertz CT molecular complexity index is 1290. The van der Waals surface area contributed by atoms with Gasteiger partial charge in [0.2, 0.25) is 5.76 Å². The lowest BCUT2D eigenvalue weighted by molar-refractivity contribution is 0.0576. The third-order valence-corrected chi connectivity index (χ3v) is 7.74. The molecule has 2 aliphatic rings. The van der Waals surface area contributed by atoms with Crippen LogP contribution in [0.1, 0.15) is 42.8 Å². The van der Waals surface area contributed by atoms with E-state index in [0.29, 0.717) is 43.6 Å². The van der Waals surface area contributed by atoms with Gasteiger partial charge in [-0.3, -0.25) is 4.79 Å². The summed E-state index contributed by atoms with van der Waals surface area (Å²) in [6, 6.07) is 14.5. The Morgan fingerprint density at radius 3 is 2.24 bits per heavy atom. The second-order valence-electron chi connectivity index (χ2n) is 10.5. The predicted molar refractivity (Wildman–Crippen MR) is 147 cm³/mol. The van der Waals surface area contributed by atoms with Crippen molar-refractivity contribution >= 4 is 23.0 Å². The molecule has 0 radical (unpaired) electrons. The van der Waals surface area contributed by atoms with Gasteiger partial charge in [0.1, 0.15) is 17.4 Å². The monoisotopic (exact) mass is 519 g/mol. The molecule has 1 aromatic heterocycles. The van der Waals surface area contributed by atoms with Crippen molar-refractivity contribution in [1.82, 2.24) is 14.7 Å². The fourth-order valence-electron chi connectivity index (χ4n) is 5.46. The van der Waals surface area contributed by atoms with Gasteiger partial charge in [0, 0.05) is 62.3 Å². The molecule has 2 saturated heterocycles. The largest absolute Gasteiger partial charge is 0.490 e. The summed E-state index contributed by atoms with van der Waals surface area (Å²) in [5.74, 6) is 0.949. The minimum atomic E-state index is -0.372. The molecule has 3 heterocycles. The van der Waals surface area contributed by atoms with E-state index in [2.05, 4.69) is 24.8 Å². The maximum absolute atomic E-state index is 13.7. The topological polar surface area (TPSA) is 75.5 Å². The first-order valence-corrected chi connectivity index (χ1v) is 13.5. The highest BCUT2D eigenvalue weighted by atomic mass is 16.5. The van der Waals surface area contributed by atoms with Crippen LogP contribution in [-0.4, -0.2) is 85.2 Å². The maximum atomic E-state index is 13.7. The number of hydrogen-bond donors (Lipinski definition) is 0. The van der Waals surface area contributed by atoms with Crippen molar-refractivity contribution in [3.63, 3.8) is 0 Å². The number of carbonyl (C=O) groups excluding carboxylic acids is 2. The molecule has 3 aromatic rings. The zero-order valence-corrected chi connectivity index (χ0v) is 22.7. The molecule has 38 heavy (non-hydrogen) atoms. The summed E-state index contributed by atoms with van der Waals surface area (Å²) in [4.78, 5) is 31.5. The number of furan rings is 1. The molecule has 0 spiro atoms. The summed E-state index contributed by atoms with van der Waals surface area (Å²) in [5, 5.41) is 0.896. The number of ether oxygens (including phenoxy) is 2. The van der Waals surface area contributed by atoms with Gasteiger partial charge in [-0.2, -0.15) is 0 Å². The Balaban J connectivity index is 1.44. The van der Waals surface area contributed by atoms with Crippen LogP contribution >= 0.6 is 0 Å². The first-order chi connectivity index (χ1) is 18.4. The van der Waals surface area contributed by atoms with E-state index in [1.807, 2.05) is 43.3 Å². The normalized spacial score (nSPS) is 17.3. The van der Waals surface area contributed by atoms with Crippen LogP contribution in [0.25, 0.3) is 22.1 Å². The molecular weight excluding hydrogens is 482 g/mol. The van der Waals surface area contributed by atoms with Crippen LogP contribution in [0.5, 0.6) is 5.75 Å². The van der Waals surface area contributed by atoms with Crippen molar-refractivity contribution < 1.29 is 23.5 Å². The number of rotatable bonds is 5. The Labute approximate surface area is 224 Å². The molecule has 0 saturated carbocycles. The number of likely N-dealkylation sites (tertiary alicyclic amines) is 1. The molecule has 2 amide bonds. The lowest BCUT2D eigenvalue weighted by Crippen LogP contribution is -2.50. The predicted octanol–water partition coefficient (Wildman–Crippen LogP) is 5.18. The Kier molecular flexibility index (Phi) is 7.61. The lowest BCUT2D eigenvalue weighted by atomic mass is 9.99. The van der Waals surface area contributed by atoms with Crippen molar-refractivity contribution in [2.24, 2.45) is 0 Å². The summed E-state index contributed by atoms with van der Waals surface area (Å²) in [6.07, 6.45) is 1.77. The van der Waals surface area contributed by atoms with E-state index >= 15 is 0 Å². The average Bonchev–Trinajstić information content (AvgIpc) is 3.31. The second-order valence-corrected chi connectivity index (χ2v) is 10.5. The van der Waals surface area contributed by atoms with E-state index in [1.54, 1.807) is 9.80 Å². The van der Waals surface area contributed by atoms with Gasteiger partial charge in [-0.25, -0.2) is 4.79 Å². The molecule has 8 nitrogen and oxygen atoms in total. The molecule has 0 aliphatic carbocycles. The molecule has 8 heteroatoms. The number of piperidine rings is 1.